The highest BCUT2D eigenvalue weighted by Gasteiger charge is 2.23. The predicted octanol–water partition coefficient (Wildman–Crippen LogP) is 6.71. The van der Waals surface area contributed by atoms with Crippen LogP contribution in [-0.2, 0) is 0 Å². The van der Waals surface area contributed by atoms with Crippen molar-refractivity contribution >= 4 is 11.1 Å². The Morgan fingerprint density at radius 2 is 1.37 bits per heavy atom. The summed E-state index contributed by atoms with van der Waals surface area (Å²) in [5.74, 6) is 1.79. The second-order valence-corrected chi connectivity index (χ2v) is 7.31. The third kappa shape index (κ3) is 3.37. The Morgan fingerprint density at radius 3 is 2.07 bits per heavy atom. The molecule has 1 aliphatic heterocycles. The van der Waals surface area contributed by atoms with Crippen molar-refractivity contribution in [1.82, 2.24) is 0 Å². The fourth-order valence-electron chi connectivity index (χ4n) is 4.01. The average Bonchev–Trinajstić information content (AvgIpc) is 3.24. The van der Waals surface area contributed by atoms with Gasteiger partial charge in [0.2, 0.25) is 0 Å². The second kappa shape index (κ2) is 7.92. The first kappa shape index (κ1) is 18.3. The molecule has 0 bridgehead atoms. The molecule has 0 aliphatic carbocycles. The van der Waals surface area contributed by atoms with E-state index in [1.54, 1.807) is 7.11 Å². The molecule has 0 N–H and O–H groups in total. The van der Waals surface area contributed by atoms with Crippen LogP contribution in [0.3, 0.4) is 0 Å². The number of hydrogen-bond donors (Lipinski definition) is 0. The topological polar surface area (TPSA) is 18.5 Å². The minimum absolute atomic E-state index is 0.559. The molecule has 0 unspecified atom stereocenters. The van der Waals surface area contributed by atoms with Crippen LogP contribution in [0.5, 0.6) is 11.5 Å². The molecule has 0 spiro atoms. The highest BCUT2D eigenvalue weighted by atomic mass is 16.5. The van der Waals surface area contributed by atoms with Crippen molar-refractivity contribution in [2.45, 2.75) is 0 Å². The minimum atomic E-state index is 0.559. The van der Waals surface area contributed by atoms with Crippen LogP contribution in [0.15, 0.2) is 103 Å². The van der Waals surface area contributed by atoms with E-state index in [2.05, 4.69) is 78.9 Å². The van der Waals surface area contributed by atoms with Crippen molar-refractivity contribution in [2.75, 3.05) is 13.7 Å². The van der Waals surface area contributed by atoms with E-state index >= 15 is 0 Å². The van der Waals surface area contributed by atoms with Gasteiger partial charge in [-0.05, 0) is 52.1 Å². The number of fused-ring (bicyclic) bond motifs is 1. The molecule has 5 rings (SSSR count). The van der Waals surface area contributed by atoms with Crippen molar-refractivity contribution in [1.29, 1.82) is 0 Å². The van der Waals surface area contributed by atoms with Gasteiger partial charge in [-0.3, -0.25) is 0 Å². The van der Waals surface area contributed by atoms with Crippen LogP contribution >= 0.6 is 0 Å². The van der Waals surface area contributed by atoms with Gasteiger partial charge >= 0.3 is 0 Å². The standard InChI is InChI=1S/C28H22O2/c1-29-24-15-12-22(13-16-24)28(21-10-6-3-7-11-21)26-19-30-27-17-14-23(18-25(26)27)20-8-4-2-5-9-20/h2-18H,19H2,1H3/b28-26+. The van der Waals surface area contributed by atoms with Crippen LogP contribution in [0.1, 0.15) is 16.7 Å². The SMILES string of the molecule is COc1ccc(/C(=C2\COc3ccc(-c4ccccc4)cc32)c2ccccc2)cc1. The van der Waals surface area contributed by atoms with Gasteiger partial charge < -0.3 is 9.47 Å². The summed E-state index contributed by atoms with van der Waals surface area (Å²) >= 11 is 0. The molecule has 0 saturated carbocycles. The first-order valence-electron chi connectivity index (χ1n) is 10.1. The number of benzene rings is 4. The third-order valence-electron chi connectivity index (χ3n) is 5.53. The van der Waals surface area contributed by atoms with E-state index in [1.807, 2.05) is 24.3 Å². The molecule has 0 amide bonds. The molecule has 1 aliphatic rings. The van der Waals surface area contributed by atoms with Crippen molar-refractivity contribution < 1.29 is 9.47 Å². The summed E-state index contributed by atoms with van der Waals surface area (Å²) in [7, 11) is 1.69. The maximum atomic E-state index is 6.09. The highest BCUT2D eigenvalue weighted by Crippen LogP contribution is 2.42. The van der Waals surface area contributed by atoms with Crippen LogP contribution in [0.25, 0.3) is 22.3 Å². The zero-order valence-electron chi connectivity index (χ0n) is 16.8. The smallest absolute Gasteiger partial charge is 0.127 e. The second-order valence-electron chi connectivity index (χ2n) is 7.31. The fourth-order valence-corrected chi connectivity index (χ4v) is 4.01. The molecule has 0 atom stereocenters. The van der Waals surface area contributed by atoms with Gasteiger partial charge in [-0.1, -0.05) is 78.9 Å². The Balaban J connectivity index is 1.70. The summed E-state index contributed by atoms with van der Waals surface area (Å²) in [5, 5.41) is 0. The van der Waals surface area contributed by atoms with Gasteiger partial charge in [0, 0.05) is 11.1 Å². The van der Waals surface area contributed by atoms with Gasteiger partial charge in [0.1, 0.15) is 18.1 Å². The van der Waals surface area contributed by atoms with Crippen LogP contribution in [-0.4, -0.2) is 13.7 Å². The van der Waals surface area contributed by atoms with Crippen molar-refractivity contribution in [3.8, 4) is 22.6 Å². The van der Waals surface area contributed by atoms with Gasteiger partial charge in [-0.2, -0.15) is 0 Å². The summed E-state index contributed by atoms with van der Waals surface area (Å²) in [4.78, 5) is 0. The van der Waals surface area contributed by atoms with Crippen molar-refractivity contribution in [3.63, 3.8) is 0 Å². The molecule has 4 aromatic rings. The maximum absolute atomic E-state index is 6.09. The fraction of sp³-hybridized carbons (Fsp3) is 0.0714. The zero-order valence-corrected chi connectivity index (χ0v) is 16.8. The third-order valence-corrected chi connectivity index (χ3v) is 5.53. The summed E-state index contributed by atoms with van der Waals surface area (Å²) in [5.41, 5.74) is 8.29. The Bertz CT molecular complexity index is 1190. The van der Waals surface area contributed by atoms with Crippen molar-refractivity contribution in [3.05, 3.63) is 120 Å². The number of rotatable bonds is 4. The van der Waals surface area contributed by atoms with E-state index in [0.717, 1.165) is 22.6 Å². The van der Waals surface area contributed by atoms with Crippen LogP contribution in [0.4, 0.5) is 0 Å². The Hall–Kier alpha value is -3.78. The average molecular weight is 390 g/mol. The number of hydrogen-bond acceptors (Lipinski definition) is 2. The molecule has 0 saturated heterocycles. The molecule has 0 aromatic heterocycles. The molecule has 0 radical (unpaired) electrons. The summed E-state index contributed by atoms with van der Waals surface area (Å²) in [6.45, 7) is 0.559. The normalized spacial score (nSPS) is 14.0. The van der Waals surface area contributed by atoms with E-state index in [-0.39, 0.29) is 0 Å². The van der Waals surface area contributed by atoms with Gasteiger partial charge in [0.05, 0.1) is 7.11 Å². The summed E-state index contributed by atoms with van der Waals surface area (Å²) in [6, 6.07) is 35.7. The Labute approximate surface area is 177 Å². The summed E-state index contributed by atoms with van der Waals surface area (Å²) in [6.07, 6.45) is 0. The van der Waals surface area contributed by atoms with Gasteiger partial charge in [-0.15, -0.1) is 0 Å². The molecule has 30 heavy (non-hydrogen) atoms. The Morgan fingerprint density at radius 1 is 0.700 bits per heavy atom. The zero-order chi connectivity index (χ0) is 20.3. The van der Waals surface area contributed by atoms with E-state index in [9.17, 15) is 0 Å². The highest BCUT2D eigenvalue weighted by molar-refractivity contribution is 6.01. The summed E-state index contributed by atoms with van der Waals surface area (Å²) < 4.78 is 11.4. The first-order valence-corrected chi connectivity index (χ1v) is 10.1. The lowest BCUT2D eigenvalue weighted by Gasteiger charge is -2.14. The molecule has 0 fully saturated rings. The Kier molecular flexibility index (Phi) is 4.82. The quantitative estimate of drug-likeness (QED) is 0.385. The number of ether oxygens (including phenoxy) is 2. The van der Waals surface area contributed by atoms with Gasteiger partial charge in [0.25, 0.3) is 0 Å². The van der Waals surface area contributed by atoms with Crippen LogP contribution in [0, 0.1) is 0 Å². The lowest BCUT2D eigenvalue weighted by molar-refractivity contribution is 0.388. The van der Waals surface area contributed by atoms with Gasteiger partial charge in [0.15, 0.2) is 0 Å². The first-order chi connectivity index (χ1) is 14.8. The lowest BCUT2D eigenvalue weighted by atomic mass is 9.89. The van der Waals surface area contributed by atoms with Crippen molar-refractivity contribution in [2.24, 2.45) is 0 Å². The lowest BCUT2D eigenvalue weighted by Crippen LogP contribution is -1.97. The largest absolute Gasteiger partial charge is 0.497 e. The monoisotopic (exact) mass is 390 g/mol. The predicted molar refractivity (Wildman–Crippen MR) is 123 cm³/mol. The number of methoxy groups -OCH3 is 1. The van der Waals surface area contributed by atoms with E-state index in [0.29, 0.717) is 6.61 Å². The van der Waals surface area contributed by atoms with E-state index in [4.69, 9.17) is 9.47 Å². The van der Waals surface area contributed by atoms with E-state index < -0.39 is 0 Å². The van der Waals surface area contributed by atoms with Crippen LogP contribution < -0.4 is 9.47 Å². The molecule has 4 aromatic carbocycles. The molecule has 1 heterocycles. The molecule has 2 heteroatoms. The van der Waals surface area contributed by atoms with E-state index in [1.165, 1.54) is 27.8 Å². The van der Waals surface area contributed by atoms with Crippen LogP contribution in [0.2, 0.25) is 0 Å². The molecule has 146 valence electrons. The molecular formula is C28H22O2. The maximum Gasteiger partial charge on any atom is 0.127 e. The van der Waals surface area contributed by atoms with Gasteiger partial charge in [-0.25, -0.2) is 0 Å². The molecular weight excluding hydrogens is 368 g/mol. The molecule has 2 nitrogen and oxygen atoms in total. The minimum Gasteiger partial charge on any atom is -0.497 e.